The Bertz CT molecular complexity index is 390. The van der Waals surface area contributed by atoms with Crippen molar-refractivity contribution in [2.24, 2.45) is 5.73 Å². The minimum absolute atomic E-state index is 0. The first-order valence-electron chi connectivity index (χ1n) is 8.22. The van der Waals surface area contributed by atoms with Crippen LogP contribution in [-0.4, -0.2) is 66.5 Å². The van der Waals surface area contributed by atoms with Crippen LogP contribution < -0.4 is 16.4 Å². The third kappa shape index (κ3) is 6.96. The average molecular weight is 401 g/mol. The van der Waals surface area contributed by atoms with Crippen LogP contribution in [0.3, 0.4) is 0 Å². The highest BCUT2D eigenvalue weighted by molar-refractivity contribution is 7.99. The number of nitrogens with one attached hydrogen (secondary N) is 2. The van der Waals surface area contributed by atoms with Crippen LogP contribution in [0.4, 0.5) is 0 Å². The lowest BCUT2D eigenvalue weighted by Gasteiger charge is -2.48. The number of thioether (sulfide) groups is 1. The highest BCUT2D eigenvalue weighted by Gasteiger charge is 2.38. The van der Waals surface area contributed by atoms with Gasteiger partial charge >= 0.3 is 0 Å². The minimum atomic E-state index is -0.296. The quantitative estimate of drug-likeness (QED) is 0.612. The van der Waals surface area contributed by atoms with Crippen LogP contribution in [-0.2, 0) is 9.59 Å². The zero-order valence-electron chi connectivity index (χ0n) is 14.1. The summed E-state index contributed by atoms with van der Waals surface area (Å²) in [6.45, 7) is 2.86. The van der Waals surface area contributed by atoms with Crippen LogP contribution in [0.25, 0.3) is 0 Å². The fourth-order valence-corrected chi connectivity index (χ4v) is 4.33. The summed E-state index contributed by atoms with van der Waals surface area (Å²) in [6, 6.07) is 0. The van der Waals surface area contributed by atoms with E-state index >= 15 is 0 Å². The minimum Gasteiger partial charge on any atom is -0.353 e. The Hall–Kier alpha value is -0.210. The van der Waals surface area contributed by atoms with Gasteiger partial charge in [0.05, 0.1) is 13.1 Å². The van der Waals surface area contributed by atoms with E-state index < -0.39 is 0 Å². The number of amides is 2. The molecule has 0 aromatic carbocycles. The zero-order valence-corrected chi connectivity index (χ0v) is 16.5. The molecule has 0 atom stereocenters. The van der Waals surface area contributed by atoms with Crippen LogP contribution in [0.1, 0.15) is 32.1 Å². The fraction of sp³-hybridized carbons (Fsp3) is 0.867. The Morgan fingerprint density at radius 1 is 1.00 bits per heavy atom. The molecule has 2 amide bonds. The maximum atomic E-state index is 11.9. The van der Waals surface area contributed by atoms with Crippen molar-refractivity contribution in [3.8, 4) is 0 Å². The second-order valence-corrected chi connectivity index (χ2v) is 7.37. The molecule has 0 aromatic rings. The first-order valence-corrected chi connectivity index (χ1v) is 9.38. The highest BCUT2D eigenvalue weighted by atomic mass is 35.5. The first kappa shape index (κ1) is 23.8. The maximum Gasteiger partial charge on any atom is 0.239 e. The van der Waals surface area contributed by atoms with E-state index in [-0.39, 0.29) is 55.3 Å². The SMILES string of the molecule is Cl.Cl.NCC(=O)NCC(=O)NCC1(N2CCSCC2)CCCCC1. The molecule has 1 aliphatic carbocycles. The Morgan fingerprint density at radius 3 is 2.21 bits per heavy atom. The second kappa shape index (κ2) is 12.2. The molecule has 1 saturated heterocycles. The van der Waals surface area contributed by atoms with Crippen LogP contribution in [0.2, 0.25) is 0 Å². The van der Waals surface area contributed by atoms with Crippen LogP contribution in [0.15, 0.2) is 0 Å². The lowest BCUT2D eigenvalue weighted by atomic mass is 9.80. The van der Waals surface area contributed by atoms with E-state index in [1.807, 2.05) is 11.8 Å². The molecule has 142 valence electrons. The standard InChI is InChI=1S/C15H28N4O2S.2ClH/c16-10-13(20)17-11-14(21)18-12-15(4-2-1-3-5-15)19-6-8-22-9-7-19;;/h1-12,16H2,(H,17,20)(H,18,21);2*1H. The molecule has 1 aliphatic heterocycles. The molecule has 0 unspecified atom stereocenters. The molecule has 6 nitrogen and oxygen atoms in total. The number of rotatable bonds is 6. The number of halogens is 2. The Morgan fingerprint density at radius 2 is 1.62 bits per heavy atom. The predicted molar refractivity (Wildman–Crippen MR) is 104 cm³/mol. The van der Waals surface area contributed by atoms with E-state index in [9.17, 15) is 9.59 Å². The van der Waals surface area contributed by atoms with Crippen molar-refractivity contribution in [2.75, 3.05) is 44.2 Å². The first-order chi connectivity index (χ1) is 10.7. The summed E-state index contributed by atoms with van der Waals surface area (Å²) in [7, 11) is 0. The highest BCUT2D eigenvalue weighted by Crippen LogP contribution is 2.34. The summed E-state index contributed by atoms with van der Waals surface area (Å²) < 4.78 is 0. The average Bonchev–Trinajstić information content (AvgIpc) is 2.59. The van der Waals surface area contributed by atoms with Gasteiger partial charge in [-0.25, -0.2) is 0 Å². The third-order valence-corrected chi connectivity index (χ3v) is 5.65. The molecular formula is C15H30Cl2N4O2S. The Labute approximate surface area is 161 Å². The maximum absolute atomic E-state index is 11.9. The summed E-state index contributed by atoms with van der Waals surface area (Å²) in [5.74, 6) is 1.94. The molecule has 1 saturated carbocycles. The van der Waals surface area contributed by atoms with Crippen molar-refractivity contribution in [3.63, 3.8) is 0 Å². The molecule has 2 aliphatic rings. The summed E-state index contributed by atoms with van der Waals surface area (Å²) in [6.07, 6.45) is 6.10. The molecule has 4 N–H and O–H groups in total. The van der Waals surface area contributed by atoms with Gasteiger partial charge in [0.15, 0.2) is 0 Å². The number of carbonyl (C=O) groups excluding carboxylic acids is 2. The molecular weight excluding hydrogens is 371 g/mol. The molecule has 0 radical (unpaired) electrons. The van der Waals surface area contributed by atoms with E-state index in [0.717, 1.165) is 25.9 Å². The van der Waals surface area contributed by atoms with Gasteiger partial charge in [-0.1, -0.05) is 19.3 Å². The van der Waals surface area contributed by atoms with Gasteiger partial charge in [-0.05, 0) is 12.8 Å². The molecule has 0 aromatic heterocycles. The summed E-state index contributed by atoms with van der Waals surface area (Å²) in [5, 5.41) is 5.55. The van der Waals surface area contributed by atoms with Crippen molar-refractivity contribution in [3.05, 3.63) is 0 Å². The molecule has 2 rings (SSSR count). The number of hydrogen-bond acceptors (Lipinski definition) is 5. The second-order valence-electron chi connectivity index (χ2n) is 6.14. The Kier molecular flexibility index (Phi) is 12.1. The Balaban J connectivity index is 0.00000264. The summed E-state index contributed by atoms with van der Waals surface area (Å²) >= 11 is 2.01. The van der Waals surface area contributed by atoms with Gasteiger partial charge in [0.25, 0.3) is 0 Å². The van der Waals surface area contributed by atoms with Crippen molar-refractivity contribution >= 4 is 48.4 Å². The van der Waals surface area contributed by atoms with E-state index in [0.29, 0.717) is 6.54 Å². The monoisotopic (exact) mass is 400 g/mol. The van der Waals surface area contributed by atoms with E-state index in [4.69, 9.17) is 5.73 Å². The number of hydrogen-bond donors (Lipinski definition) is 3. The smallest absolute Gasteiger partial charge is 0.239 e. The van der Waals surface area contributed by atoms with Gasteiger partial charge in [-0.2, -0.15) is 11.8 Å². The van der Waals surface area contributed by atoms with Gasteiger partial charge in [-0.3, -0.25) is 14.5 Å². The van der Waals surface area contributed by atoms with Crippen LogP contribution in [0, 0.1) is 0 Å². The van der Waals surface area contributed by atoms with E-state index in [2.05, 4.69) is 15.5 Å². The van der Waals surface area contributed by atoms with Gasteiger partial charge in [0, 0.05) is 36.7 Å². The van der Waals surface area contributed by atoms with Crippen molar-refractivity contribution in [1.82, 2.24) is 15.5 Å². The van der Waals surface area contributed by atoms with Crippen molar-refractivity contribution in [2.45, 2.75) is 37.6 Å². The zero-order chi connectivity index (χ0) is 15.8. The van der Waals surface area contributed by atoms with Crippen molar-refractivity contribution < 1.29 is 9.59 Å². The van der Waals surface area contributed by atoms with Crippen molar-refractivity contribution in [1.29, 1.82) is 0 Å². The molecule has 0 spiro atoms. The van der Waals surface area contributed by atoms with E-state index in [1.165, 1.54) is 30.8 Å². The lowest BCUT2D eigenvalue weighted by Crippen LogP contribution is -2.59. The molecule has 9 heteroatoms. The molecule has 2 fully saturated rings. The number of carbonyl (C=O) groups is 2. The van der Waals surface area contributed by atoms with Gasteiger partial charge < -0.3 is 16.4 Å². The normalized spacial score (nSPS) is 20.2. The summed E-state index contributed by atoms with van der Waals surface area (Å²) in [5.41, 5.74) is 5.33. The fourth-order valence-electron chi connectivity index (χ4n) is 3.43. The van der Waals surface area contributed by atoms with Gasteiger partial charge in [-0.15, -0.1) is 24.8 Å². The molecule has 0 bridgehead atoms. The van der Waals surface area contributed by atoms with Crippen LogP contribution in [0.5, 0.6) is 0 Å². The van der Waals surface area contributed by atoms with Gasteiger partial charge in [0.1, 0.15) is 0 Å². The molecule has 1 heterocycles. The largest absolute Gasteiger partial charge is 0.353 e. The molecule has 24 heavy (non-hydrogen) atoms. The van der Waals surface area contributed by atoms with E-state index in [1.54, 1.807) is 0 Å². The predicted octanol–water partition coefficient (Wildman–Crippen LogP) is 0.773. The number of nitrogens with two attached hydrogens (primary N) is 1. The van der Waals surface area contributed by atoms with Crippen LogP contribution >= 0.6 is 36.6 Å². The third-order valence-electron chi connectivity index (χ3n) is 4.71. The topological polar surface area (TPSA) is 87.5 Å². The summed E-state index contributed by atoms with van der Waals surface area (Å²) in [4.78, 5) is 25.6. The lowest BCUT2D eigenvalue weighted by molar-refractivity contribution is -0.125. The number of nitrogens with zero attached hydrogens (tertiary/aromatic N) is 1. The van der Waals surface area contributed by atoms with Gasteiger partial charge in [0.2, 0.25) is 11.8 Å².